The molecular formula is C12H22N2O. The summed E-state index contributed by atoms with van der Waals surface area (Å²) in [5.41, 5.74) is 1.97. The summed E-state index contributed by atoms with van der Waals surface area (Å²) in [6.45, 7) is 11.3. The van der Waals surface area contributed by atoms with E-state index in [9.17, 15) is 5.11 Å². The molecular weight excluding hydrogens is 188 g/mol. The predicted octanol–water partition coefficient (Wildman–Crippen LogP) is 2.75. The SMILES string of the molecule is Cc1nn(CC(C)C)c(O)c1CC(C)C. The van der Waals surface area contributed by atoms with Crippen LogP contribution in [0.15, 0.2) is 0 Å². The van der Waals surface area contributed by atoms with Gasteiger partial charge in [-0.15, -0.1) is 0 Å². The molecule has 1 rings (SSSR count). The Balaban J connectivity index is 2.93. The lowest BCUT2D eigenvalue weighted by Crippen LogP contribution is -2.05. The maximum absolute atomic E-state index is 10.0. The summed E-state index contributed by atoms with van der Waals surface area (Å²) >= 11 is 0. The van der Waals surface area contributed by atoms with Crippen LogP contribution in [0.4, 0.5) is 0 Å². The lowest BCUT2D eigenvalue weighted by atomic mass is 10.0. The number of hydrogen-bond donors (Lipinski definition) is 1. The van der Waals surface area contributed by atoms with Gasteiger partial charge >= 0.3 is 0 Å². The molecule has 0 aromatic carbocycles. The van der Waals surface area contributed by atoms with E-state index in [0.29, 0.717) is 17.7 Å². The zero-order valence-corrected chi connectivity index (χ0v) is 10.4. The summed E-state index contributed by atoms with van der Waals surface area (Å²) in [7, 11) is 0. The van der Waals surface area contributed by atoms with Crippen LogP contribution >= 0.6 is 0 Å². The third kappa shape index (κ3) is 2.98. The quantitative estimate of drug-likeness (QED) is 0.829. The highest BCUT2D eigenvalue weighted by atomic mass is 16.3. The molecule has 0 aliphatic heterocycles. The smallest absolute Gasteiger partial charge is 0.212 e. The first kappa shape index (κ1) is 12.1. The van der Waals surface area contributed by atoms with Gasteiger partial charge in [0.05, 0.1) is 5.69 Å². The van der Waals surface area contributed by atoms with Gasteiger partial charge in [-0.2, -0.15) is 5.10 Å². The highest BCUT2D eigenvalue weighted by Crippen LogP contribution is 2.24. The molecule has 0 saturated carbocycles. The van der Waals surface area contributed by atoms with Crippen molar-refractivity contribution in [2.75, 3.05) is 0 Å². The highest BCUT2D eigenvalue weighted by Gasteiger charge is 2.15. The summed E-state index contributed by atoms with van der Waals surface area (Å²) in [5.74, 6) is 1.41. The number of rotatable bonds is 4. The highest BCUT2D eigenvalue weighted by molar-refractivity contribution is 5.30. The first-order valence-electron chi connectivity index (χ1n) is 5.67. The fourth-order valence-electron chi connectivity index (χ4n) is 1.73. The number of aryl methyl sites for hydroxylation is 1. The largest absolute Gasteiger partial charge is 0.493 e. The molecule has 1 N–H and O–H groups in total. The van der Waals surface area contributed by atoms with Crippen LogP contribution in [0.3, 0.4) is 0 Å². The molecule has 0 atom stereocenters. The van der Waals surface area contributed by atoms with Crippen molar-refractivity contribution < 1.29 is 5.11 Å². The fraction of sp³-hybridized carbons (Fsp3) is 0.750. The van der Waals surface area contributed by atoms with Gasteiger partial charge in [-0.1, -0.05) is 27.7 Å². The molecule has 0 bridgehead atoms. The third-order valence-electron chi connectivity index (χ3n) is 2.37. The minimum Gasteiger partial charge on any atom is -0.493 e. The topological polar surface area (TPSA) is 38.0 Å². The number of nitrogens with zero attached hydrogens (tertiary/aromatic N) is 2. The van der Waals surface area contributed by atoms with Gasteiger partial charge in [0.2, 0.25) is 5.88 Å². The van der Waals surface area contributed by atoms with Crippen LogP contribution in [0.2, 0.25) is 0 Å². The van der Waals surface area contributed by atoms with Gasteiger partial charge in [0, 0.05) is 12.1 Å². The van der Waals surface area contributed by atoms with Crippen molar-refractivity contribution in [3.63, 3.8) is 0 Å². The van der Waals surface area contributed by atoms with E-state index in [1.807, 2.05) is 6.92 Å². The standard InChI is InChI=1S/C12H22N2O/c1-8(2)6-11-10(5)13-14(12(11)15)7-9(3)4/h8-9,15H,6-7H2,1-5H3. The van der Waals surface area contributed by atoms with Gasteiger partial charge in [0.25, 0.3) is 0 Å². The maximum Gasteiger partial charge on any atom is 0.212 e. The first-order chi connectivity index (χ1) is 6.91. The van der Waals surface area contributed by atoms with Crippen LogP contribution in [0.1, 0.15) is 39.0 Å². The molecule has 0 aliphatic carbocycles. The molecule has 0 spiro atoms. The molecule has 15 heavy (non-hydrogen) atoms. The average Bonchev–Trinajstić information content (AvgIpc) is 2.31. The van der Waals surface area contributed by atoms with E-state index in [1.165, 1.54) is 0 Å². The van der Waals surface area contributed by atoms with Gasteiger partial charge in [-0.25, -0.2) is 4.68 Å². The molecule has 0 amide bonds. The molecule has 0 saturated heterocycles. The Labute approximate surface area is 92.1 Å². The van der Waals surface area contributed by atoms with Crippen LogP contribution in [0.25, 0.3) is 0 Å². The molecule has 1 aromatic heterocycles. The van der Waals surface area contributed by atoms with E-state index in [2.05, 4.69) is 32.8 Å². The summed E-state index contributed by atoms with van der Waals surface area (Å²) in [6.07, 6.45) is 0.899. The van der Waals surface area contributed by atoms with Gasteiger partial charge in [0.1, 0.15) is 0 Å². The molecule has 1 aromatic rings. The van der Waals surface area contributed by atoms with Gasteiger partial charge in [-0.05, 0) is 25.2 Å². The lowest BCUT2D eigenvalue weighted by molar-refractivity contribution is 0.367. The van der Waals surface area contributed by atoms with E-state index in [0.717, 1.165) is 24.2 Å². The summed E-state index contributed by atoms with van der Waals surface area (Å²) in [6, 6.07) is 0. The van der Waals surface area contributed by atoms with E-state index >= 15 is 0 Å². The van der Waals surface area contributed by atoms with Crippen LogP contribution in [0.5, 0.6) is 5.88 Å². The van der Waals surface area contributed by atoms with Crippen molar-refractivity contribution in [3.8, 4) is 5.88 Å². The second kappa shape index (κ2) is 4.69. The van der Waals surface area contributed by atoms with Crippen LogP contribution < -0.4 is 0 Å². The number of aromatic hydroxyl groups is 1. The molecule has 3 heteroatoms. The minimum atomic E-state index is 0.356. The van der Waals surface area contributed by atoms with Crippen molar-refractivity contribution >= 4 is 0 Å². The Hall–Kier alpha value is -0.990. The predicted molar refractivity (Wildman–Crippen MR) is 62.0 cm³/mol. The van der Waals surface area contributed by atoms with Gasteiger partial charge < -0.3 is 5.11 Å². The second-order valence-electron chi connectivity index (χ2n) is 5.06. The number of aromatic nitrogens is 2. The van der Waals surface area contributed by atoms with Crippen molar-refractivity contribution in [1.82, 2.24) is 9.78 Å². The van der Waals surface area contributed by atoms with Crippen LogP contribution in [-0.2, 0) is 13.0 Å². The molecule has 0 radical (unpaired) electrons. The molecule has 1 heterocycles. The van der Waals surface area contributed by atoms with Crippen molar-refractivity contribution in [2.45, 2.75) is 47.6 Å². The second-order valence-corrected chi connectivity index (χ2v) is 5.06. The molecule has 0 fully saturated rings. The van der Waals surface area contributed by atoms with Crippen molar-refractivity contribution in [1.29, 1.82) is 0 Å². The molecule has 0 aliphatic rings. The Morgan fingerprint density at radius 3 is 2.27 bits per heavy atom. The molecule has 0 unspecified atom stereocenters. The van der Waals surface area contributed by atoms with E-state index in [-0.39, 0.29) is 0 Å². The van der Waals surface area contributed by atoms with Crippen LogP contribution in [-0.4, -0.2) is 14.9 Å². The summed E-state index contributed by atoms with van der Waals surface area (Å²) in [5, 5.41) is 14.4. The zero-order chi connectivity index (χ0) is 11.6. The molecule has 3 nitrogen and oxygen atoms in total. The zero-order valence-electron chi connectivity index (χ0n) is 10.4. The van der Waals surface area contributed by atoms with E-state index in [4.69, 9.17) is 0 Å². The monoisotopic (exact) mass is 210 g/mol. The van der Waals surface area contributed by atoms with E-state index < -0.39 is 0 Å². The minimum absolute atomic E-state index is 0.356. The Kier molecular flexibility index (Phi) is 3.77. The normalized spacial score (nSPS) is 11.7. The summed E-state index contributed by atoms with van der Waals surface area (Å²) < 4.78 is 1.72. The maximum atomic E-state index is 10.0. The Bertz CT molecular complexity index is 327. The lowest BCUT2D eigenvalue weighted by Gasteiger charge is -2.07. The fourth-order valence-corrected chi connectivity index (χ4v) is 1.73. The van der Waals surface area contributed by atoms with Crippen molar-refractivity contribution in [2.24, 2.45) is 11.8 Å². The summed E-state index contributed by atoms with van der Waals surface area (Å²) in [4.78, 5) is 0. The van der Waals surface area contributed by atoms with Gasteiger partial charge in [0.15, 0.2) is 0 Å². The average molecular weight is 210 g/mol. The van der Waals surface area contributed by atoms with Crippen LogP contribution in [0, 0.1) is 18.8 Å². The van der Waals surface area contributed by atoms with Gasteiger partial charge in [-0.3, -0.25) is 0 Å². The molecule has 86 valence electrons. The van der Waals surface area contributed by atoms with E-state index in [1.54, 1.807) is 4.68 Å². The Morgan fingerprint density at radius 2 is 1.80 bits per heavy atom. The van der Waals surface area contributed by atoms with Crippen molar-refractivity contribution in [3.05, 3.63) is 11.3 Å². The third-order valence-corrected chi connectivity index (χ3v) is 2.37. The Morgan fingerprint density at radius 1 is 1.20 bits per heavy atom. The number of hydrogen-bond acceptors (Lipinski definition) is 2. The first-order valence-corrected chi connectivity index (χ1v) is 5.67.